The summed E-state index contributed by atoms with van der Waals surface area (Å²) in [5, 5.41) is 14.0. The van der Waals surface area contributed by atoms with Crippen molar-refractivity contribution in [1.82, 2.24) is 5.32 Å². The third-order valence-electron chi connectivity index (χ3n) is 2.64. The Morgan fingerprint density at radius 3 is 2.67 bits per heavy atom. The number of hydrogen-bond donors (Lipinski definition) is 3. The van der Waals surface area contributed by atoms with E-state index in [4.69, 9.17) is 14.6 Å². The van der Waals surface area contributed by atoms with E-state index in [1.165, 1.54) is 14.2 Å². The first-order valence-corrected chi connectivity index (χ1v) is 6.90. The number of aliphatic carboxylic acids is 1. The van der Waals surface area contributed by atoms with Crippen LogP contribution in [0.4, 0.5) is 10.5 Å². The van der Waals surface area contributed by atoms with Crippen LogP contribution in [0.2, 0.25) is 0 Å². The molecule has 1 unspecified atom stereocenters. The SMILES string of the molecule is COCCC(NC(=O)Nc1cc(OC)ccc1Br)C(=O)O. The number of nitrogens with one attached hydrogen (secondary N) is 2. The van der Waals surface area contributed by atoms with Crippen molar-refractivity contribution in [2.75, 3.05) is 26.1 Å². The van der Waals surface area contributed by atoms with Crippen molar-refractivity contribution < 1.29 is 24.2 Å². The van der Waals surface area contributed by atoms with Gasteiger partial charge in [-0.05, 0) is 28.1 Å². The molecule has 0 spiro atoms. The molecule has 0 saturated heterocycles. The molecule has 0 aromatic heterocycles. The number of anilines is 1. The molecule has 21 heavy (non-hydrogen) atoms. The monoisotopic (exact) mass is 360 g/mol. The maximum Gasteiger partial charge on any atom is 0.326 e. The number of carbonyl (C=O) groups is 2. The number of benzene rings is 1. The van der Waals surface area contributed by atoms with Crippen molar-refractivity contribution in [1.29, 1.82) is 0 Å². The zero-order chi connectivity index (χ0) is 15.8. The van der Waals surface area contributed by atoms with Gasteiger partial charge >= 0.3 is 12.0 Å². The molecule has 116 valence electrons. The number of halogens is 1. The van der Waals surface area contributed by atoms with E-state index in [1.807, 2.05) is 0 Å². The number of rotatable bonds is 7. The zero-order valence-corrected chi connectivity index (χ0v) is 13.3. The van der Waals surface area contributed by atoms with E-state index in [0.717, 1.165) is 0 Å². The lowest BCUT2D eigenvalue weighted by Gasteiger charge is -2.15. The molecule has 1 aromatic carbocycles. The average Bonchev–Trinajstić information content (AvgIpc) is 2.45. The van der Waals surface area contributed by atoms with E-state index in [2.05, 4.69) is 26.6 Å². The van der Waals surface area contributed by atoms with Gasteiger partial charge in [-0.15, -0.1) is 0 Å². The van der Waals surface area contributed by atoms with Gasteiger partial charge in [0.15, 0.2) is 0 Å². The van der Waals surface area contributed by atoms with Crippen molar-refractivity contribution in [3.05, 3.63) is 22.7 Å². The van der Waals surface area contributed by atoms with Crippen molar-refractivity contribution in [2.24, 2.45) is 0 Å². The van der Waals surface area contributed by atoms with Crippen LogP contribution in [-0.2, 0) is 9.53 Å². The summed E-state index contributed by atoms with van der Waals surface area (Å²) >= 11 is 3.29. The zero-order valence-electron chi connectivity index (χ0n) is 11.7. The minimum atomic E-state index is -1.12. The summed E-state index contributed by atoms with van der Waals surface area (Å²) in [5.74, 6) is -0.547. The lowest BCUT2D eigenvalue weighted by molar-refractivity contribution is -0.139. The average molecular weight is 361 g/mol. The van der Waals surface area contributed by atoms with Crippen LogP contribution >= 0.6 is 15.9 Å². The Morgan fingerprint density at radius 2 is 2.10 bits per heavy atom. The van der Waals surface area contributed by atoms with E-state index >= 15 is 0 Å². The molecule has 0 aliphatic rings. The molecule has 2 amide bonds. The Bertz CT molecular complexity index is 509. The van der Waals surface area contributed by atoms with Crippen molar-refractivity contribution in [3.8, 4) is 5.75 Å². The summed E-state index contributed by atoms with van der Waals surface area (Å²) in [5.41, 5.74) is 0.475. The molecule has 1 aromatic rings. The number of carbonyl (C=O) groups excluding carboxylic acids is 1. The minimum absolute atomic E-state index is 0.179. The molecule has 0 bridgehead atoms. The van der Waals surface area contributed by atoms with Crippen LogP contribution in [0.5, 0.6) is 5.75 Å². The molecule has 0 aliphatic carbocycles. The number of hydrogen-bond acceptors (Lipinski definition) is 4. The van der Waals surface area contributed by atoms with Gasteiger partial charge in [0.2, 0.25) is 0 Å². The van der Waals surface area contributed by atoms with Crippen molar-refractivity contribution >= 4 is 33.6 Å². The van der Waals surface area contributed by atoms with Crippen LogP contribution in [0.15, 0.2) is 22.7 Å². The van der Waals surface area contributed by atoms with Gasteiger partial charge in [0.25, 0.3) is 0 Å². The molecule has 3 N–H and O–H groups in total. The molecule has 7 nitrogen and oxygen atoms in total. The number of carboxylic acid groups (broad SMARTS) is 1. The fourth-order valence-corrected chi connectivity index (χ4v) is 1.88. The molecular formula is C13H17BrN2O5. The first kappa shape index (κ1) is 17.3. The highest BCUT2D eigenvalue weighted by Gasteiger charge is 2.20. The van der Waals surface area contributed by atoms with Crippen LogP contribution in [0, 0.1) is 0 Å². The van der Waals surface area contributed by atoms with Gasteiger partial charge in [-0.1, -0.05) is 0 Å². The van der Waals surface area contributed by atoms with E-state index in [-0.39, 0.29) is 13.0 Å². The standard InChI is InChI=1S/C13H17BrN2O5/c1-20-6-5-10(12(17)18)15-13(19)16-11-7-8(21-2)3-4-9(11)14/h3-4,7,10H,5-6H2,1-2H3,(H,17,18)(H2,15,16,19). The molecular weight excluding hydrogens is 344 g/mol. The fourth-order valence-electron chi connectivity index (χ4n) is 1.54. The van der Waals surface area contributed by atoms with Crippen LogP contribution in [0.3, 0.4) is 0 Å². The Balaban J connectivity index is 2.69. The quantitative estimate of drug-likeness (QED) is 0.691. The highest BCUT2D eigenvalue weighted by atomic mass is 79.9. The summed E-state index contributed by atoms with van der Waals surface area (Å²) in [6.45, 7) is 0.236. The van der Waals surface area contributed by atoms with Gasteiger partial charge in [-0.25, -0.2) is 9.59 Å². The highest BCUT2D eigenvalue weighted by Crippen LogP contribution is 2.26. The van der Waals surface area contributed by atoms with E-state index < -0.39 is 18.0 Å². The second kappa shape index (κ2) is 8.48. The van der Waals surface area contributed by atoms with Crippen LogP contribution in [0.25, 0.3) is 0 Å². The second-order valence-electron chi connectivity index (χ2n) is 4.12. The molecule has 0 heterocycles. The first-order valence-electron chi connectivity index (χ1n) is 6.10. The van der Waals surface area contributed by atoms with Crippen LogP contribution in [-0.4, -0.2) is 44.0 Å². The van der Waals surface area contributed by atoms with Gasteiger partial charge in [-0.2, -0.15) is 0 Å². The Labute approximate surface area is 130 Å². The molecule has 0 fully saturated rings. The lowest BCUT2D eigenvalue weighted by Crippen LogP contribution is -2.43. The molecule has 1 rings (SSSR count). The number of methoxy groups -OCH3 is 2. The number of carboxylic acids is 1. The summed E-state index contributed by atoms with van der Waals surface area (Å²) in [7, 11) is 2.98. The predicted molar refractivity (Wildman–Crippen MR) is 80.8 cm³/mol. The third kappa shape index (κ3) is 5.60. The Kier molecular flexibility index (Phi) is 6.97. The van der Waals surface area contributed by atoms with E-state index in [1.54, 1.807) is 18.2 Å². The van der Waals surface area contributed by atoms with Crippen molar-refractivity contribution in [3.63, 3.8) is 0 Å². The summed E-state index contributed by atoms with van der Waals surface area (Å²) in [6.07, 6.45) is 0.179. The molecule has 8 heteroatoms. The normalized spacial score (nSPS) is 11.6. The fraction of sp³-hybridized carbons (Fsp3) is 0.385. The van der Waals surface area contributed by atoms with E-state index in [9.17, 15) is 9.59 Å². The summed E-state index contributed by atoms with van der Waals surface area (Å²) in [6, 6.07) is 3.43. The lowest BCUT2D eigenvalue weighted by atomic mass is 10.2. The first-order chi connectivity index (χ1) is 9.97. The second-order valence-corrected chi connectivity index (χ2v) is 4.97. The highest BCUT2D eigenvalue weighted by molar-refractivity contribution is 9.10. The minimum Gasteiger partial charge on any atom is -0.497 e. The van der Waals surface area contributed by atoms with Crippen molar-refractivity contribution in [2.45, 2.75) is 12.5 Å². The predicted octanol–water partition coefficient (Wildman–Crippen LogP) is 2.07. The molecule has 0 saturated carbocycles. The number of ether oxygens (including phenoxy) is 2. The number of amides is 2. The molecule has 0 aliphatic heterocycles. The van der Waals surface area contributed by atoms with Crippen LogP contribution < -0.4 is 15.4 Å². The topological polar surface area (TPSA) is 96.9 Å². The largest absolute Gasteiger partial charge is 0.497 e. The number of urea groups is 1. The molecule has 1 atom stereocenters. The maximum absolute atomic E-state index is 11.9. The van der Waals surface area contributed by atoms with Crippen LogP contribution in [0.1, 0.15) is 6.42 Å². The van der Waals surface area contributed by atoms with Gasteiger partial charge in [0.05, 0.1) is 12.8 Å². The smallest absolute Gasteiger partial charge is 0.326 e. The molecule has 0 radical (unpaired) electrons. The third-order valence-corrected chi connectivity index (χ3v) is 3.33. The van der Waals surface area contributed by atoms with Gasteiger partial charge in [0, 0.05) is 30.7 Å². The van der Waals surface area contributed by atoms with E-state index in [0.29, 0.717) is 15.9 Å². The Hall–Kier alpha value is -1.80. The van der Waals surface area contributed by atoms with Gasteiger partial charge < -0.3 is 25.2 Å². The Morgan fingerprint density at radius 1 is 1.38 bits per heavy atom. The van der Waals surface area contributed by atoms with Gasteiger partial charge in [-0.3, -0.25) is 0 Å². The maximum atomic E-state index is 11.9. The summed E-state index contributed by atoms with van der Waals surface area (Å²) < 4.78 is 10.5. The van der Waals surface area contributed by atoms with Gasteiger partial charge in [0.1, 0.15) is 11.8 Å². The summed E-state index contributed by atoms with van der Waals surface area (Å²) in [4.78, 5) is 22.9.